The lowest BCUT2D eigenvalue weighted by Crippen LogP contribution is -2.42. The first-order valence-corrected chi connectivity index (χ1v) is 4.73. The number of carbonyl (C=O) groups is 1. The lowest BCUT2D eigenvalue weighted by atomic mass is 9.85. The molecule has 2 N–H and O–H groups in total. The van der Waals surface area contributed by atoms with E-state index in [2.05, 4.69) is 6.58 Å². The molecule has 0 aliphatic heterocycles. The Kier molecular flexibility index (Phi) is 5.81. The van der Waals surface area contributed by atoms with Gasteiger partial charge in [0, 0.05) is 12.0 Å². The van der Waals surface area contributed by atoms with Crippen molar-refractivity contribution in [3.05, 3.63) is 37.0 Å². The van der Waals surface area contributed by atoms with Gasteiger partial charge in [-0.05, 0) is 12.8 Å². The molecular formula is C12H19NO. The van der Waals surface area contributed by atoms with Crippen molar-refractivity contribution < 1.29 is 4.79 Å². The molecule has 14 heavy (non-hydrogen) atoms. The maximum atomic E-state index is 10.4. The molecule has 0 aromatic heterocycles. The van der Waals surface area contributed by atoms with E-state index in [4.69, 9.17) is 5.73 Å². The zero-order chi connectivity index (χ0) is 11.0. The van der Waals surface area contributed by atoms with E-state index in [-0.39, 0.29) is 5.92 Å². The number of carbonyl (C=O) groups excluding carboxylic acids is 1. The summed E-state index contributed by atoms with van der Waals surface area (Å²) >= 11 is 0. The molecule has 0 aromatic rings. The van der Waals surface area contributed by atoms with Gasteiger partial charge in [0.15, 0.2) is 0 Å². The third kappa shape index (κ3) is 4.77. The molecule has 0 amide bonds. The first kappa shape index (κ1) is 12.8. The van der Waals surface area contributed by atoms with Gasteiger partial charge in [-0.2, -0.15) is 0 Å². The smallest absolute Gasteiger partial charge is 0.121 e. The second kappa shape index (κ2) is 6.33. The molecule has 0 bridgehead atoms. The summed E-state index contributed by atoms with van der Waals surface area (Å²) in [5, 5.41) is 0. The molecule has 0 spiro atoms. The van der Waals surface area contributed by atoms with Crippen LogP contribution in [0, 0.1) is 5.92 Å². The van der Waals surface area contributed by atoms with Crippen molar-refractivity contribution in [3.63, 3.8) is 0 Å². The number of hydrogen-bond acceptors (Lipinski definition) is 2. The van der Waals surface area contributed by atoms with E-state index in [0.717, 1.165) is 6.29 Å². The van der Waals surface area contributed by atoms with E-state index in [1.165, 1.54) is 0 Å². The van der Waals surface area contributed by atoms with Gasteiger partial charge in [0.05, 0.1) is 0 Å². The molecular weight excluding hydrogens is 174 g/mol. The fourth-order valence-electron chi connectivity index (χ4n) is 0.959. The topological polar surface area (TPSA) is 43.1 Å². The van der Waals surface area contributed by atoms with Crippen molar-refractivity contribution in [1.29, 1.82) is 0 Å². The molecule has 0 heterocycles. The molecule has 0 rings (SSSR count). The molecule has 2 atom stereocenters. The van der Waals surface area contributed by atoms with Gasteiger partial charge in [-0.15, -0.1) is 0 Å². The van der Waals surface area contributed by atoms with Gasteiger partial charge < -0.3 is 10.5 Å². The average molecular weight is 193 g/mol. The Morgan fingerprint density at radius 1 is 1.43 bits per heavy atom. The highest BCUT2D eigenvalue weighted by molar-refractivity contribution is 5.51. The SMILES string of the molecule is C=C/C=C/C=C/C(C)C(C)(N)CC=O. The van der Waals surface area contributed by atoms with Crippen molar-refractivity contribution in [2.45, 2.75) is 25.8 Å². The second-order valence-corrected chi connectivity index (χ2v) is 3.67. The number of hydrogen-bond donors (Lipinski definition) is 1. The number of aldehydes is 1. The van der Waals surface area contributed by atoms with E-state index >= 15 is 0 Å². The molecule has 78 valence electrons. The summed E-state index contributed by atoms with van der Waals surface area (Å²) in [5.41, 5.74) is 5.50. The van der Waals surface area contributed by atoms with Crippen molar-refractivity contribution in [1.82, 2.24) is 0 Å². The molecule has 0 fully saturated rings. The minimum Gasteiger partial charge on any atom is -0.324 e. The van der Waals surface area contributed by atoms with E-state index in [1.54, 1.807) is 6.08 Å². The summed E-state index contributed by atoms with van der Waals surface area (Å²) in [4.78, 5) is 10.4. The molecule has 0 radical (unpaired) electrons. The summed E-state index contributed by atoms with van der Waals surface area (Å²) in [6.45, 7) is 7.45. The maximum Gasteiger partial charge on any atom is 0.121 e. The van der Waals surface area contributed by atoms with Crippen molar-refractivity contribution >= 4 is 6.29 Å². The van der Waals surface area contributed by atoms with Crippen molar-refractivity contribution in [3.8, 4) is 0 Å². The van der Waals surface area contributed by atoms with Crippen LogP contribution < -0.4 is 5.73 Å². The number of nitrogens with two attached hydrogens (primary N) is 1. The predicted octanol–water partition coefficient (Wildman–Crippen LogP) is 2.23. The minimum atomic E-state index is -0.458. The van der Waals surface area contributed by atoms with E-state index in [1.807, 2.05) is 38.2 Å². The zero-order valence-electron chi connectivity index (χ0n) is 8.94. The first-order valence-electron chi connectivity index (χ1n) is 4.73. The lowest BCUT2D eigenvalue weighted by Gasteiger charge is -2.27. The van der Waals surface area contributed by atoms with Crippen LogP contribution in [0.4, 0.5) is 0 Å². The van der Waals surface area contributed by atoms with E-state index in [9.17, 15) is 4.79 Å². The normalized spacial score (nSPS) is 18.2. The molecule has 0 saturated carbocycles. The van der Waals surface area contributed by atoms with Gasteiger partial charge in [-0.25, -0.2) is 0 Å². The van der Waals surface area contributed by atoms with Gasteiger partial charge in [0.2, 0.25) is 0 Å². The van der Waals surface area contributed by atoms with Gasteiger partial charge >= 0.3 is 0 Å². The summed E-state index contributed by atoms with van der Waals surface area (Å²) in [7, 11) is 0. The largest absolute Gasteiger partial charge is 0.324 e. The highest BCUT2D eigenvalue weighted by Gasteiger charge is 2.23. The van der Waals surface area contributed by atoms with Gasteiger partial charge in [0.1, 0.15) is 6.29 Å². The van der Waals surface area contributed by atoms with Crippen molar-refractivity contribution in [2.24, 2.45) is 11.7 Å². The summed E-state index contributed by atoms with van der Waals surface area (Å²) in [6.07, 6.45) is 10.6. The van der Waals surface area contributed by atoms with Gasteiger partial charge in [-0.3, -0.25) is 0 Å². The number of allylic oxidation sites excluding steroid dienone is 4. The molecule has 0 aliphatic rings. The van der Waals surface area contributed by atoms with Crippen LogP contribution in [0.25, 0.3) is 0 Å². The Morgan fingerprint density at radius 3 is 2.57 bits per heavy atom. The summed E-state index contributed by atoms with van der Waals surface area (Å²) in [6, 6.07) is 0. The van der Waals surface area contributed by atoms with Crippen molar-refractivity contribution in [2.75, 3.05) is 0 Å². The standard InChI is InChI=1S/C12H19NO/c1-4-5-6-7-8-11(2)12(3,13)9-10-14/h4-8,10-11H,1,9,13H2,2-3H3/b6-5+,8-7+. The molecule has 2 unspecified atom stereocenters. The van der Waals surface area contributed by atoms with Gasteiger partial charge in [-0.1, -0.05) is 43.9 Å². The van der Waals surface area contributed by atoms with Crippen LogP contribution in [0.1, 0.15) is 20.3 Å². The summed E-state index contributed by atoms with van der Waals surface area (Å²) in [5.74, 6) is 0.169. The Balaban J connectivity index is 4.24. The van der Waals surface area contributed by atoms with E-state index in [0.29, 0.717) is 6.42 Å². The van der Waals surface area contributed by atoms with Crippen LogP contribution in [-0.4, -0.2) is 11.8 Å². The van der Waals surface area contributed by atoms with Crippen LogP contribution in [-0.2, 0) is 4.79 Å². The molecule has 2 nitrogen and oxygen atoms in total. The fourth-order valence-corrected chi connectivity index (χ4v) is 0.959. The highest BCUT2D eigenvalue weighted by atomic mass is 16.1. The Bertz CT molecular complexity index is 239. The fraction of sp³-hybridized carbons (Fsp3) is 0.417. The van der Waals surface area contributed by atoms with Gasteiger partial charge in [0.25, 0.3) is 0 Å². The quantitative estimate of drug-likeness (QED) is 0.519. The number of rotatable bonds is 6. The summed E-state index contributed by atoms with van der Waals surface area (Å²) < 4.78 is 0. The zero-order valence-corrected chi connectivity index (χ0v) is 8.94. The molecule has 0 saturated heterocycles. The maximum absolute atomic E-state index is 10.4. The minimum absolute atomic E-state index is 0.169. The Morgan fingerprint density at radius 2 is 2.07 bits per heavy atom. The van der Waals surface area contributed by atoms with Crippen LogP contribution in [0.3, 0.4) is 0 Å². The van der Waals surface area contributed by atoms with Crippen LogP contribution in [0.2, 0.25) is 0 Å². The first-order chi connectivity index (χ1) is 6.54. The molecule has 2 heteroatoms. The van der Waals surface area contributed by atoms with Crippen LogP contribution >= 0.6 is 0 Å². The third-order valence-corrected chi connectivity index (χ3v) is 2.32. The Hall–Kier alpha value is -1.15. The van der Waals surface area contributed by atoms with E-state index < -0.39 is 5.54 Å². The molecule has 0 aromatic carbocycles. The second-order valence-electron chi connectivity index (χ2n) is 3.67. The van der Waals surface area contributed by atoms with Crippen LogP contribution in [0.15, 0.2) is 37.0 Å². The third-order valence-electron chi connectivity index (χ3n) is 2.32. The monoisotopic (exact) mass is 193 g/mol. The highest BCUT2D eigenvalue weighted by Crippen LogP contribution is 2.17. The lowest BCUT2D eigenvalue weighted by molar-refractivity contribution is -0.108. The van der Waals surface area contributed by atoms with Crippen LogP contribution in [0.5, 0.6) is 0 Å². The average Bonchev–Trinajstić information content (AvgIpc) is 2.12. The Labute approximate surface area is 86.2 Å². The molecule has 0 aliphatic carbocycles. The predicted molar refractivity (Wildman–Crippen MR) is 60.9 cm³/mol.